The Bertz CT molecular complexity index is 619. The molecule has 2 fully saturated rings. The van der Waals surface area contributed by atoms with Crippen molar-refractivity contribution in [2.75, 3.05) is 0 Å². The molecule has 0 amide bonds. The van der Waals surface area contributed by atoms with E-state index in [0.717, 1.165) is 18.4 Å². The molecule has 0 aromatic heterocycles. The van der Waals surface area contributed by atoms with Gasteiger partial charge in [0, 0.05) is 11.2 Å². The van der Waals surface area contributed by atoms with Crippen LogP contribution < -0.4 is 4.74 Å². The van der Waals surface area contributed by atoms with Crippen molar-refractivity contribution < 1.29 is 27.4 Å². The fourth-order valence-electron chi connectivity index (χ4n) is 3.88. The molecule has 2 saturated heterocycles. The van der Waals surface area contributed by atoms with Gasteiger partial charge in [-0.3, -0.25) is 0 Å². The van der Waals surface area contributed by atoms with Crippen molar-refractivity contribution in [2.45, 2.75) is 68.7 Å². The van der Waals surface area contributed by atoms with Crippen molar-refractivity contribution in [1.82, 2.24) is 0 Å². The molecule has 0 N–H and O–H groups in total. The van der Waals surface area contributed by atoms with Crippen LogP contribution in [0.2, 0.25) is 0 Å². The highest BCUT2D eigenvalue weighted by Crippen LogP contribution is 2.57. The van der Waals surface area contributed by atoms with Crippen LogP contribution in [0.1, 0.15) is 39.2 Å². The minimum absolute atomic E-state index is 0.0326. The molecule has 3 nitrogen and oxygen atoms in total. The molecule has 4 atom stereocenters. The first-order valence-corrected chi connectivity index (χ1v) is 9.26. The Morgan fingerprint density at radius 3 is 2.40 bits per heavy atom. The Balaban J connectivity index is 1.61. The van der Waals surface area contributed by atoms with Gasteiger partial charge in [-0.05, 0) is 37.0 Å². The van der Waals surface area contributed by atoms with Crippen LogP contribution in [0, 0.1) is 5.92 Å². The van der Waals surface area contributed by atoms with Crippen molar-refractivity contribution in [2.24, 2.45) is 5.92 Å². The highest BCUT2D eigenvalue weighted by molar-refractivity contribution is 9.09. The van der Waals surface area contributed by atoms with Gasteiger partial charge < -0.3 is 14.2 Å². The van der Waals surface area contributed by atoms with E-state index in [1.165, 1.54) is 12.1 Å². The molecule has 0 spiro atoms. The summed E-state index contributed by atoms with van der Waals surface area (Å²) < 4.78 is 52.9. The molecule has 1 aromatic rings. The van der Waals surface area contributed by atoms with E-state index < -0.39 is 6.36 Å². The lowest BCUT2D eigenvalue weighted by Crippen LogP contribution is -2.44. The van der Waals surface area contributed by atoms with Crippen LogP contribution in [-0.4, -0.2) is 28.5 Å². The second kappa shape index (κ2) is 6.43. The predicted molar refractivity (Wildman–Crippen MR) is 90.7 cm³/mol. The molecule has 140 valence electrons. The molecule has 2 bridgehead atoms. The van der Waals surface area contributed by atoms with E-state index in [1.807, 2.05) is 0 Å². The molecular formula is C18H22BrF3O3. The van der Waals surface area contributed by atoms with E-state index in [2.05, 4.69) is 41.4 Å². The summed E-state index contributed by atoms with van der Waals surface area (Å²) in [7, 11) is 0. The van der Waals surface area contributed by atoms with E-state index >= 15 is 0 Å². The first-order chi connectivity index (χ1) is 11.5. The molecule has 2 aliphatic rings. The van der Waals surface area contributed by atoms with Crippen molar-refractivity contribution in [3.05, 3.63) is 29.8 Å². The summed E-state index contributed by atoms with van der Waals surface area (Å²) >= 11 is 3.76. The summed E-state index contributed by atoms with van der Waals surface area (Å²) in [6.45, 7) is 6.71. The summed E-state index contributed by atoms with van der Waals surface area (Å²) in [6, 6.07) is 5.77. The molecule has 2 aliphatic heterocycles. The summed E-state index contributed by atoms with van der Waals surface area (Å²) in [5, 5.41) is 0. The molecular weight excluding hydrogens is 401 g/mol. The molecule has 1 aromatic carbocycles. The van der Waals surface area contributed by atoms with E-state index in [-0.39, 0.29) is 23.1 Å². The Morgan fingerprint density at radius 1 is 1.24 bits per heavy atom. The number of halogens is 4. The zero-order chi connectivity index (χ0) is 18.5. The quantitative estimate of drug-likeness (QED) is 0.609. The van der Waals surface area contributed by atoms with Crippen LogP contribution in [0.4, 0.5) is 13.2 Å². The van der Waals surface area contributed by atoms with Crippen LogP contribution >= 0.6 is 15.9 Å². The lowest BCUT2D eigenvalue weighted by molar-refractivity contribution is -0.274. The molecule has 25 heavy (non-hydrogen) atoms. The summed E-state index contributed by atoms with van der Waals surface area (Å²) in [5.74, 6) is 0.137. The Labute approximate surface area is 154 Å². The normalized spacial score (nSPS) is 34.7. The smallest absolute Gasteiger partial charge is 0.406 e. The van der Waals surface area contributed by atoms with Gasteiger partial charge in [0.1, 0.15) is 5.75 Å². The van der Waals surface area contributed by atoms with Crippen molar-refractivity contribution in [3.63, 3.8) is 0 Å². The second-order valence-electron chi connectivity index (χ2n) is 7.39. The van der Waals surface area contributed by atoms with Gasteiger partial charge in [-0.25, -0.2) is 0 Å². The third-order valence-electron chi connectivity index (χ3n) is 5.31. The topological polar surface area (TPSA) is 27.7 Å². The fraction of sp³-hybridized carbons (Fsp3) is 0.667. The number of alkyl halides is 4. The van der Waals surface area contributed by atoms with Crippen LogP contribution in [0.5, 0.6) is 5.75 Å². The number of ether oxygens (including phenoxy) is 3. The minimum atomic E-state index is -4.68. The molecule has 0 aliphatic carbocycles. The van der Waals surface area contributed by atoms with Gasteiger partial charge in [-0.15, -0.1) is 13.2 Å². The third-order valence-corrected chi connectivity index (χ3v) is 6.41. The van der Waals surface area contributed by atoms with E-state index in [1.54, 1.807) is 12.1 Å². The average molecular weight is 423 g/mol. The number of fused-ring (bicyclic) bond motifs is 2. The number of hydrogen-bond acceptors (Lipinski definition) is 3. The average Bonchev–Trinajstić information content (AvgIpc) is 2.93. The lowest BCUT2D eigenvalue weighted by Gasteiger charge is -2.35. The molecule has 7 heteroatoms. The van der Waals surface area contributed by atoms with Crippen molar-refractivity contribution in [3.8, 4) is 5.75 Å². The minimum Gasteiger partial charge on any atom is -0.406 e. The van der Waals surface area contributed by atoms with Gasteiger partial charge in [0.25, 0.3) is 0 Å². The van der Waals surface area contributed by atoms with Gasteiger partial charge in [0.15, 0.2) is 0 Å². The standard InChI is InChI=1S/C18H22BrF3O3/c1-11(2)17-9-15(16(3,25-17)8-14(17)19)23-10-12-4-6-13(7-5-12)24-18(20,21)22/h4-7,11,14-15H,8-10H2,1-3H3/t14-,15+,16-,17+/m0/s1. The Morgan fingerprint density at radius 2 is 1.88 bits per heavy atom. The van der Waals surface area contributed by atoms with E-state index in [0.29, 0.717) is 17.4 Å². The number of benzene rings is 1. The zero-order valence-electron chi connectivity index (χ0n) is 14.4. The first kappa shape index (κ1) is 19.0. The monoisotopic (exact) mass is 422 g/mol. The third kappa shape index (κ3) is 3.69. The van der Waals surface area contributed by atoms with Gasteiger partial charge in [-0.2, -0.15) is 0 Å². The van der Waals surface area contributed by atoms with Crippen LogP contribution in [0.3, 0.4) is 0 Å². The maximum absolute atomic E-state index is 12.2. The summed E-state index contributed by atoms with van der Waals surface area (Å²) in [5.41, 5.74) is 0.247. The Kier molecular flexibility index (Phi) is 4.88. The van der Waals surface area contributed by atoms with Gasteiger partial charge in [0.05, 0.1) is 23.9 Å². The van der Waals surface area contributed by atoms with E-state index in [4.69, 9.17) is 9.47 Å². The Hall–Kier alpha value is -0.790. The highest BCUT2D eigenvalue weighted by atomic mass is 79.9. The zero-order valence-corrected chi connectivity index (χ0v) is 16.0. The first-order valence-electron chi connectivity index (χ1n) is 8.35. The largest absolute Gasteiger partial charge is 0.573 e. The summed E-state index contributed by atoms with van der Waals surface area (Å²) in [4.78, 5) is 0.309. The van der Waals surface area contributed by atoms with Crippen LogP contribution in [0.25, 0.3) is 0 Å². The number of hydrogen-bond donors (Lipinski definition) is 0. The van der Waals surface area contributed by atoms with Crippen LogP contribution in [-0.2, 0) is 16.1 Å². The molecule has 0 saturated carbocycles. The maximum atomic E-state index is 12.2. The van der Waals surface area contributed by atoms with E-state index in [9.17, 15) is 13.2 Å². The predicted octanol–water partition coefficient (Wildman–Crippen LogP) is 5.21. The van der Waals surface area contributed by atoms with Gasteiger partial charge in [0.2, 0.25) is 0 Å². The lowest BCUT2D eigenvalue weighted by atomic mass is 9.75. The molecule has 0 unspecified atom stereocenters. The summed E-state index contributed by atoms with van der Waals surface area (Å²) in [6.07, 6.45) is -3.01. The van der Waals surface area contributed by atoms with Gasteiger partial charge >= 0.3 is 6.36 Å². The molecule has 2 heterocycles. The fourth-order valence-corrected chi connectivity index (χ4v) is 5.33. The SMILES string of the molecule is CC(C)[C@]12C[C@@H](OCc3ccc(OC(F)(F)F)cc3)[C@](C)(C[C@@H]1Br)O2. The van der Waals surface area contributed by atoms with Crippen molar-refractivity contribution in [1.29, 1.82) is 0 Å². The van der Waals surface area contributed by atoms with Gasteiger partial charge in [-0.1, -0.05) is 41.9 Å². The van der Waals surface area contributed by atoms with Crippen molar-refractivity contribution >= 4 is 15.9 Å². The maximum Gasteiger partial charge on any atom is 0.573 e. The molecule has 3 rings (SSSR count). The molecule has 0 radical (unpaired) electrons. The second-order valence-corrected chi connectivity index (χ2v) is 8.50. The highest BCUT2D eigenvalue weighted by Gasteiger charge is 2.65. The number of rotatable bonds is 5. The van der Waals surface area contributed by atoms with Crippen LogP contribution in [0.15, 0.2) is 24.3 Å².